The van der Waals surface area contributed by atoms with Gasteiger partial charge in [0.1, 0.15) is 11.5 Å². The zero-order valence-corrected chi connectivity index (χ0v) is 10.3. The Bertz CT molecular complexity index is 538. The van der Waals surface area contributed by atoms with Crippen molar-refractivity contribution in [1.29, 1.82) is 0 Å². The van der Waals surface area contributed by atoms with Crippen molar-refractivity contribution >= 4 is 5.78 Å². The van der Waals surface area contributed by atoms with Crippen molar-refractivity contribution in [2.24, 2.45) is 7.05 Å². The smallest absolute Gasteiger partial charge is 0.188 e. The third kappa shape index (κ3) is 2.27. The molecule has 90 valence electrons. The van der Waals surface area contributed by atoms with Crippen LogP contribution in [0.5, 0.6) is 0 Å². The predicted molar refractivity (Wildman–Crippen MR) is 63.9 cm³/mol. The number of ketones is 1. The lowest BCUT2D eigenvalue weighted by Gasteiger charge is -2.03. The summed E-state index contributed by atoms with van der Waals surface area (Å²) in [5.74, 6) is 0.832. The van der Waals surface area contributed by atoms with Crippen molar-refractivity contribution < 1.29 is 4.79 Å². The number of Topliss-reactive ketones (excluding diaryl/α,β-unsaturated/α-hetero) is 1. The Balaban J connectivity index is 2.23. The number of hydrogen-bond acceptors (Lipinski definition) is 3. The van der Waals surface area contributed by atoms with Crippen molar-refractivity contribution in [2.45, 2.75) is 26.8 Å². The molecule has 0 atom stereocenters. The molecule has 5 heteroatoms. The van der Waals surface area contributed by atoms with Crippen LogP contribution in [0.1, 0.15) is 28.9 Å². The Labute approximate surface area is 100 Å². The normalized spacial score (nSPS) is 10.8. The second kappa shape index (κ2) is 4.53. The topological polar surface area (TPSA) is 52.7 Å². The maximum Gasteiger partial charge on any atom is 0.188 e. The second-order valence-corrected chi connectivity index (χ2v) is 4.04. The van der Waals surface area contributed by atoms with Crippen molar-refractivity contribution in [3.63, 3.8) is 0 Å². The van der Waals surface area contributed by atoms with Gasteiger partial charge in [-0.15, -0.1) is 0 Å². The standard InChI is InChI=1S/C12H16N4O/c1-4-16-10(7-9(2)14-16)11(17)8-12-13-5-6-15(12)3/h5-7H,4,8H2,1-3H3. The molecule has 0 spiro atoms. The molecule has 2 heterocycles. The first-order chi connectivity index (χ1) is 8.11. The van der Waals surface area contributed by atoms with Crippen LogP contribution in [0.4, 0.5) is 0 Å². The highest BCUT2D eigenvalue weighted by Gasteiger charge is 2.15. The molecule has 0 aromatic carbocycles. The summed E-state index contributed by atoms with van der Waals surface area (Å²) in [6.07, 6.45) is 3.85. The summed E-state index contributed by atoms with van der Waals surface area (Å²) in [7, 11) is 1.89. The summed E-state index contributed by atoms with van der Waals surface area (Å²) in [4.78, 5) is 16.3. The molecule has 5 nitrogen and oxygen atoms in total. The summed E-state index contributed by atoms with van der Waals surface area (Å²) < 4.78 is 3.60. The molecule has 0 aliphatic rings. The number of aromatic nitrogens is 4. The minimum Gasteiger partial charge on any atom is -0.338 e. The van der Waals surface area contributed by atoms with Gasteiger partial charge in [-0.25, -0.2) is 4.98 Å². The minimum absolute atomic E-state index is 0.0572. The Kier molecular flexibility index (Phi) is 3.08. The lowest BCUT2D eigenvalue weighted by atomic mass is 10.2. The van der Waals surface area contributed by atoms with Gasteiger partial charge in [0, 0.05) is 26.0 Å². The first-order valence-electron chi connectivity index (χ1n) is 5.65. The van der Waals surface area contributed by atoms with Gasteiger partial charge in [0.2, 0.25) is 0 Å². The number of imidazole rings is 1. The zero-order valence-electron chi connectivity index (χ0n) is 10.3. The maximum atomic E-state index is 12.1. The summed E-state index contributed by atoms with van der Waals surface area (Å²) >= 11 is 0. The number of carbonyl (C=O) groups excluding carboxylic acids is 1. The molecule has 2 aromatic heterocycles. The van der Waals surface area contributed by atoms with E-state index in [-0.39, 0.29) is 5.78 Å². The van der Waals surface area contributed by atoms with E-state index in [4.69, 9.17) is 0 Å². The fourth-order valence-corrected chi connectivity index (χ4v) is 1.81. The van der Waals surface area contributed by atoms with E-state index >= 15 is 0 Å². The molecule has 0 fully saturated rings. The lowest BCUT2D eigenvalue weighted by molar-refractivity contribution is 0.0979. The Morgan fingerprint density at radius 3 is 2.82 bits per heavy atom. The molecule has 0 saturated heterocycles. The molecule has 0 aliphatic carbocycles. The number of rotatable bonds is 4. The van der Waals surface area contributed by atoms with E-state index in [2.05, 4.69) is 10.1 Å². The first-order valence-corrected chi connectivity index (χ1v) is 5.65. The van der Waals surface area contributed by atoms with Crippen LogP contribution in [0.15, 0.2) is 18.5 Å². The molecular formula is C12H16N4O. The SMILES string of the molecule is CCn1nc(C)cc1C(=O)Cc1nccn1C. The number of nitrogens with zero attached hydrogens (tertiary/aromatic N) is 4. The molecule has 0 saturated carbocycles. The van der Waals surface area contributed by atoms with Crippen LogP contribution in [-0.4, -0.2) is 25.1 Å². The average Bonchev–Trinajstić information content (AvgIpc) is 2.85. The van der Waals surface area contributed by atoms with E-state index in [0.29, 0.717) is 18.7 Å². The van der Waals surface area contributed by atoms with Gasteiger partial charge in [-0.3, -0.25) is 9.48 Å². The van der Waals surface area contributed by atoms with E-state index in [0.717, 1.165) is 11.5 Å². The minimum atomic E-state index is 0.0572. The molecule has 2 aromatic rings. The van der Waals surface area contributed by atoms with Crippen LogP contribution in [0, 0.1) is 6.92 Å². The molecule has 0 N–H and O–H groups in total. The van der Waals surface area contributed by atoms with E-state index in [1.807, 2.05) is 37.7 Å². The van der Waals surface area contributed by atoms with Crippen LogP contribution >= 0.6 is 0 Å². The van der Waals surface area contributed by atoms with Gasteiger partial charge in [0.15, 0.2) is 5.78 Å². The lowest BCUT2D eigenvalue weighted by Crippen LogP contribution is -2.13. The number of aryl methyl sites for hydroxylation is 3. The third-order valence-corrected chi connectivity index (χ3v) is 2.73. The van der Waals surface area contributed by atoms with Crippen LogP contribution in [-0.2, 0) is 20.0 Å². The molecule has 17 heavy (non-hydrogen) atoms. The maximum absolute atomic E-state index is 12.1. The van der Waals surface area contributed by atoms with Gasteiger partial charge >= 0.3 is 0 Å². The molecule has 0 amide bonds. The first kappa shape index (κ1) is 11.6. The fourth-order valence-electron chi connectivity index (χ4n) is 1.81. The van der Waals surface area contributed by atoms with Gasteiger partial charge in [0.05, 0.1) is 12.1 Å². The summed E-state index contributed by atoms with van der Waals surface area (Å²) in [5, 5.41) is 4.27. The molecule has 0 radical (unpaired) electrons. The van der Waals surface area contributed by atoms with Crippen molar-refractivity contribution in [1.82, 2.24) is 19.3 Å². The van der Waals surface area contributed by atoms with Crippen molar-refractivity contribution in [3.8, 4) is 0 Å². The van der Waals surface area contributed by atoms with Crippen molar-refractivity contribution in [3.05, 3.63) is 35.7 Å². The fraction of sp³-hybridized carbons (Fsp3) is 0.417. The highest BCUT2D eigenvalue weighted by Crippen LogP contribution is 2.08. The average molecular weight is 232 g/mol. The number of hydrogen-bond donors (Lipinski definition) is 0. The Hall–Kier alpha value is -1.91. The molecule has 2 rings (SSSR count). The van der Waals surface area contributed by atoms with E-state index in [1.54, 1.807) is 10.9 Å². The van der Waals surface area contributed by atoms with Gasteiger partial charge in [-0.1, -0.05) is 0 Å². The highest BCUT2D eigenvalue weighted by molar-refractivity contribution is 5.95. The van der Waals surface area contributed by atoms with Gasteiger partial charge < -0.3 is 4.57 Å². The third-order valence-electron chi connectivity index (χ3n) is 2.73. The van der Waals surface area contributed by atoms with Crippen LogP contribution in [0.25, 0.3) is 0 Å². The highest BCUT2D eigenvalue weighted by atomic mass is 16.1. The molecule has 0 unspecified atom stereocenters. The zero-order chi connectivity index (χ0) is 12.4. The predicted octanol–water partition coefficient (Wildman–Crippen LogP) is 1.37. The Morgan fingerprint density at radius 2 is 2.24 bits per heavy atom. The molecular weight excluding hydrogens is 216 g/mol. The Morgan fingerprint density at radius 1 is 1.47 bits per heavy atom. The summed E-state index contributed by atoms with van der Waals surface area (Å²) in [6.45, 7) is 4.57. The second-order valence-electron chi connectivity index (χ2n) is 4.04. The quantitative estimate of drug-likeness (QED) is 0.748. The van der Waals surface area contributed by atoms with Crippen LogP contribution < -0.4 is 0 Å². The molecule has 0 aliphatic heterocycles. The molecule has 0 bridgehead atoms. The van der Waals surface area contributed by atoms with Crippen LogP contribution in [0.2, 0.25) is 0 Å². The van der Waals surface area contributed by atoms with E-state index < -0.39 is 0 Å². The van der Waals surface area contributed by atoms with Crippen molar-refractivity contribution in [2.75, 3.05) is 0 Å². The van der Waals surface area contributed by atoms with Crippen LogP contribution in [0.3, 0.4) is 0 Å². The number of carbonyl (C=O) groups is 1. The van der Waals surface area contributed by atoms with E-state index in [1.165, 1.54) is 0 Å². The van der Waals surface area contributed by atoms with Gasteiger partial charge in [-0.05, 0) is 19.9 Å². The monoisotopic (exact) mass is 232 g/mol. The largest absolute Gasteiger partial charge is 0.338 e. The summed E-state index contributed by atoms with van der Waals surface area (Å²) in [5.41, 5.74) is 1.53. The van der Waals surface area contributed by atoms with E-state index in [9.17, 15) is 4.79 Å². The van der Waals surface area contributed by atoms with Gasteiger partial charge in [0.25, 0.3) is 0 Å². The summed E-state index contributed by atoms with van der Waals surface area (Å²) in [6, 6.07) is 1.83. The van der Waals surface area contributed by atoms with Gasteiger partial charge in [-0.2, -0.15) is 5.10 Å².